The molecule has 2 aliphatic heterocycles. The van der Waals surface area contributed by atoms with Crippen molar-refractivity contribution >= 4 is 5.91 Å². The number of hydrogen-bond donors (Lipinski definition) is 0. The lowest BCUT2D eigenvalue weighted by Gasteiger charge is -2.46. The van der Waals surface area contributed by atoms with Crippen LogP contribution in [0.4, 0.5) is 0 Å². The van der Waals surface area contributed by atoms with Crippen molar-refractivity contribution in [3.05, 3.63) is 47.9 Å². The van der Waals surface area contributed by atoms with Gasteiger partial charge in [-0.15, -0.1) is 0 Å². The van der Waals surface area contributed by atoms with Gasteiger partial charge in [-0.25, -0.2) is 4.98 Å². The quantitative estimate of drug-likeness (QED) is 0.842. The fourth-order valence-corrected chi connectivity index (χ4v) is 3.68. The summed E-state index contributed by atoms with van der Waals surface area (Å²) in [5.41, 5.74) is 0.391. The van der Waals surface area contributed by atoms with Crippen LogP contribution in [0.1, 0.15) is 28.4 Å². The van der Waals surface area contributed by atoms with Gasteiger partial charge in [-0.2, -0.15) is 0 Å². The summed E-state index contributed by atoms with van der Waals surface area (Å²) < 4.78 is 11.6. The molecule has 7 heteroatoms. The van der Waals surface area contributed by atoms with Gasteiger partial charge in [0.25, 0.3) is 5.91 Å². The van der Waals surface area contributed by atoms with E-state index in [1.54, 1.807) is 12.4 Å². The molecule has 2 aromatic rings. The van der Waals surface area contributed by atoms with Crippen molar-refractivity contribution in [2.75, 3.05) is 26.2 Å². The number of carbonyl (C=O) groups is 1. The number of rotatable bonds is 3. The number of carbonyl (C=O) groups excluding carboxylic acids is 1. The van der Waals surface area contributed by atoms with Crippen LogP contribution in [0.5, 0.6) is 0 Å². The van der Waals surface area contributed by atoms with Gasteiger partial charge in [-0.3, -0.25) is 14.7 Å². The maximum atomic E-state index is 12.9. The lowest BCUT2D eigenvalue weighted by Crippen LogP contribution is -2.61. The van der Waals surface area contributed by atoms with Gasteiger partial charge in [0, 0.05) is 32.0 Å². The van der Waals surface area contributed by atoms with E-state index in [2.05, 4.69) is 14.9 Å². The Labute approximate surface area is 146 Å². The number of aromatic nitrogens is 2. The molecule has 0 bridgehead atoms. The molecule has 0 saturated carbocycles. The van der Waals surface area contributed by atoms with Gasteiger partial charge in [0.05, 0.1) is 31.5 Å². The molecule has 0 unspecified atom stereocenters. The first-order valence-electron chi connectivity index (χ1n) is 8.67. The highest BCUT2D eigenvalue weighted by Crippen LogP contribution is 2.25. The van der Waals surface area contributed by atoms with Gasteiger partial charge in [0.2, 0.25) is 0 Å². The molecule has 2 fully saturated rings. The summed E-state index contributed by atoms with van der Waals surface area (Å²) in [5.74, 6) is 1.81. The maximum Gasteiger partial charge on any atom is 0.274 e. The third-order valence-electron chi connectivity index (χ3n) is 4.89. The molecule has 4 rings (SSSR count). The van der Waals surface area contributed by atoms with E-state index in [4.69, 9.17) is 9.15 Å². The number of hydrogen-bond acceptors (Lipinski definition) is 6. The van der Waals surface area contributed by atoms with Crippen LogP contribution in [0.25, 0.3) is 0 Å². The molecule has 0 aliphatic carbocycles. The molecular weight excluding hydrogens is 320 g/mol. The number of nitrogens with zero attached hydrogens (tertiary/aromatic N) is 4. The molecule has 2 atom stereocenters. The Morgan fingerprint density at radius 3 is 3.00 bits per heavy atom. The average Bonchev–Trinajstić information content (AvgIpc) is 3.06. The summed E-state index contributed by atoms with van der Waals surface area (Å²) >= 11 is 0. The normalized spacial score (nSPS) is 24.1. The first kappa shape index (κ1) is 16.2. The number of morpholine rings is 1. The van der Waals surface area contributed by atoms with Crippen molar-refractivity contribution < 1.29 is 13.9 Å². The van der Waals surface area contributed by atoms with E-state index in [-0.39, 0.29) is 18.1 Å². The van der Waals surface area contributed by atoms with Crippen LogP contribution in [-0.2, 0) is 11.3 Å². The highest BCUT2D eigenvalue weighted by molar-refractivity contribution is 5.92. The second kappa shape index (κ2) is 6.93. The van der Waals surface area contributed by atoms with Gasteiger partial charge >= 0.3 is 0 Å². The number of amides is 1. The molecule has 2 aromatic heterocycles. The minimum Gasteiger partial charge on any atom is -0.465 e. The molecule has 2 saturated heterocycles. The summed E-state index contributed by atoms with van der Waals surface area (Å²) in [5, 5.41) is 0. The van der Waals surface area contributed by atoms with Gasteiger partial charge < -0.3 is 14.1 Å². The Morgan fingerprint density at radius 2 is 2.24 bits per heavy atom. The summed E-state index contributed by atoms with van der Waals surface area (Å²) in [4.78, 5) is 25.3. The smallest absolute Gasteiger partial charge is 0.274 e. The zero-order valence-electron chi connectivity index (χ0n) is 14.3. The lowest BCUT2D eigenvalue weighted by atomic mass is 9.98. The Morgan fingerprint density at radius 1 is 1.32 bits per heavy atom. The van der Waals surface area contributed by atoms with Crippen LogP contribution < -0.4 is 0 Å². The van der Waals surface area contributed by atoms with Crippen LogP contribution in [0, 0.1) is 6.92 Å². The van der Waals surface area contributed by atoms with Crippen LogP contribution >= 0.6 is 0 Å². The van der Waals surface area contributed by atoms with Gasteiger partial charge in [-0.05, 0) is 25.5 Å². The Balaban J connectivity index is 1.48. The first-order chi connectivity index (χ1) is 12.2. The van der Waals surface area contributed by atoms with Crippen molar-refractivity contribution in [2.24, 2.45) is 0 Å². The van der Waals surface area contributed by atoms with Crippen molar-refractivity contribution in [2.45, 2.75) is 32.0 Å². The van der Waals surface area contributed by atoms with Gasteiger partial charge in [0.1, 0.15) is 17.2 Å². The molecule has 0 N–H and O–H groups in total. The number of aryl methyl sites for hydroxylation is 1. The fraction of sp³-hybridized carbons (Fsp3) is 0.500. The summed E-state index contributed by atoms with van der Waals surface area (Å²) in [7, 11) is 0. The van der Waals surface area contributed by atoms with Crippen molar-refractivity contribution in [3.8, 4) is 0 Å². The Bertz CT molecular complexity index is 733. The van der Waals surface area contributed by atoms with Gasteiger partial charge in [-0.1, -0.05) is 0 Å². The highest BCUT2D eigenvalue weighted by Gasteiger charge is 2.39. The van der Waals surface area contributed by atoms with E-state index in [9.17, 15) is 4.79 Å². The third kappa shape index (κ3) is 3.43. The predicted molar refractivity (Wildman–Crippen MR) is 89.9 cm³/mol. The lowest BCUT2D eigenvalue weighted by molar-refractivity contribution is -0.0921. The number of furan rings is 1. The van der Waals surface area contributed by atoms with E-state index in [1.807, 2.05) is 24.0 Å². The van der Waals surface area contributed by atoms with Gasteiger partial charge in [0.15, 0.2) is 0 Å². The minimum atomic E-state index is -0.0675. The van der Waals surface area contributed by atoms with Crippen molar-refractivity contribution in [1.82, 2.24) is 19.8 Å². The Hall–Kier alpha value is -2.25. The van der Waals surface area contributed by atoms with E-state index in [1.165, 1.54) is 6.20 Å². The highest BCUT2D eigenvalue weighted by atomic mass is 16.5. The second-order valence-corrected chi connectivity index (χ2v) is 6.60. The van der Waals surface area contributed by atoms with Crippen LogP contribution in [0.2, 0.25) is 0 Å². The first-order valence-corrected chi connectivity index (χ1v) is 8.67. The molecular formula is C18H22N4O3. The fourth-order valence-electron chi connectivity index (χ4n) is 3.68. The van der Waals surface area contributed by atoms with E-state index in [0.717, 1.165) is 37.6 Å². The van der Waals surface area contributed by atoms with E-state index >= 15 is 0 Å². The number of piperidine rings is 1. The molecule has 0 spiro atoms. The topological polar surface area (TPSA) is 71.7 Å². The SMILES string of the molecule is Cc1ccc(CN2CC[C@@H]3OCCN(C(=O)c4cnccn4)[C@H]3C2)o1. The second-order valence-electron chi connectivity index (χ2n) is 6.60. The minimum absolute atomic E-state index is 0.0352. The van der Waals surface area contributed by atoms with Crippen LogP contribution in [0.15, 0.2) is 35.1 Å². The monoisotopic (exact) mass is 342 g/mol. The Kier molecular flexibility index (Phi) is 4.50. The number of fused-ring (bicyclic) bond motifs is 1. The summed E-state index contributed by atoms with van der Waals surface area (Å²) in [6, 6.07) is 4.03. The zero-order valence-corrected chi connectivity index (χ0v) is 14.3. The number of likely N-dealkylation sites (tertiary alicyclic amines) is 1. The van der Waals surface area contributed by atoms with Crippen molar-refractivity contribution in [1.29, 1.82) is 0 Å². The standard InChI is InChI=1S/C18H22N4O3/c1-13-2-3-14(25-13)11-21-7-4-17-16(12-21)22(8-9-24-17)18(23)15-10-19-5-6-20-15/h2-3,5-6,10,16-17H,4,7-9,11-12H2,1H3/t16-,17-/m0/s1. The molecule has 0 radical (unpaired) electrons. The van der Waals surface area contributed by atoms with E-state index in [0.29, 0.717) is 18.8 Å². The molecule has 2 aliphatic rings. The largest absolute Gasteiger partial charge is 0.465 e. The molecule has 0 aromatic carbocycles. The average molecular weight is 342 g/mol. The predicted octanol–water partition coefficient (Wildman–Crippen LogP) is 1.49. The zero-order chi connectivity index (χ0) is 17.2. The third-order valence-corrected chi connectivity index (χ3v) is 4.89. The van der Waals surface area contributed by atoms with E-state index < -0.39 is 0 Å². The summed E-state index contributed by atoms with van der Waals surface area (Å²) in [6.07, 6.45) is 5.65. The molecule has 4 heterocycles. The molecule has 1 amide bonds. The maximum absolute atomic E-state index is 12.9. The molecule has 7 nitrogen and oxygen atoms in total. The molecule has 25 heavy (non-hydrogen) atoms. The molecule has 132 valence electrons. The number of ether oxygens (including phenoxy) is 1. The van der Waals surface area contributed by atoms with Crippen molar-refractivity contribution in [3.63, 3.8) is 0 Å². The van der Waals surface area contributed by atoms with Crippen LogP contribution in [0.3, 0.4) is 0 Å². The van der Waals surface area contributed by atoms with Crippen LogP contribution in [-0.4, -0.2) is 64.1 Å². The summed E-state index contributed by atoms with van der Waals surface area (Å²) in [6.45, 7) is 5.58.